The van der Waals surface area contributed by atoms with Crippen molar-refractivity contribution < 1.29 is 9.53 Å². The highest BCUT2D eigenvalue weighted by molar-refractivity contribution is 6.32. The number of likely N-dealkylation sites (tertiary alicyclic amines) is 1. The number of hydrogen-bond acceptors (Lipinski definition) is 4. The van der Waals surface area contributed by atoms with Gasteiger partial charge in [-0.1, -0.05) is 29.8 Å². The van der Waals surface area contributed by atoms with Crippen molar-refractivity contribution in [3.05, 3.63) is 65.1 Å². The molecule has 1 amide bonds. The predicted octanol–water partition coefficient (Wildman–Crippen LogP) is 4.81. The van der Waals surface area contributed by atoms with Crippen molar-refractivity contribution in [3.8, 4) is 0 Å². The molecule has 1 aromatic carbocycles. The molecule has 0 radical (unpaired) electrons. The third-order valence-corrected chi connectivity index (χ3v) is 6.49. The van der Waals surface area contributed by atoms with Gasteiger partial charge in [0.2, 0.25) is 5.91 Å². The van der Waals surface area contributed by atoms with E-state index >= 15 is 0 Å². The van der Waals surface area contributed by atoms with Crippen LogP contribution in [0.15, 0.2) is 48.7 Å². The molecule has 0 bridgehead atoms. The Morgan fingerprint density at radius 3 is 2.74 bits per heavy atom. The predicted molar refractivity (Wildman–Crippen MR) is 121 cm³/mol. The van der Waals surface area contributed by atoms with E-state index in [1.807, 2.05) is 47.5 Å². The molecular formula is C24H25ClN4O2. The van der Waals surface area contributed by atoms with Crippen LogP contribution in [-0.4, -0.2) is 45.0 Å². The summed E-state index contributed by atoms with van der Waals surface area (Å²) in [6.45, 7) is 2.19. The lowest BCUT2D eigenvalue weighted by Crippen LogP contribution is -2.38. The van der Waals surface area contributed by atoms with Crippen LogP contribution in [0.5, 0.6) is 0 Å². The molecule has 0 aliphatic carbocycles. The highest BCUT2D eigenvalue weighted by Crippen LogP contribution is 2.35. The van der Waals surface area contributed by atoms with Gasteiger partial charge in [0.15, 0.2) is 5.65 Å². The Kier molecular flexibility index (Phi) is 5.74. The lowest BCUT2D eigenvalue weighted by atomic mass is 10.0. The van der Waals surface area contributed by atoms with Crippen LogP contribution >= 0.6 is 11.6 Å². The van der Waals surface area contributed by atoms with Crippen molar-refractivity contribution >= 4 is 34.7 Å². The number of benzene rings is 1. The molecule has 2 saturated heterocycles. The fourth-order valence-corrected chi connectivity index (χ4v) is 4.74. The van der Waals surface area contributed by atoms with E-state index in [0.717, 1.165) is 54.8 Å². The van der Waals surface area contributed by atoms with E-state index in [9.17, 15) is 4.79 Å². The first-order valence-electron chi connectivity index (χ1n) is 10.9. The Labute approximate surface area is 186 Å². The maximum Gasteiger partial charge on any atom is 0.246 e. The van der Waals surface area contributed by atoms with Gasteiger partial charge in [-0.05, 0) is 55.5 Å². The van der Waals surface area contributed by atoms with Gasteiger partial charge >= 0.3 is 0 Å². The lowest BCUT2D eigenvalue weighted by Gasteiger charge is -2.33. The summed E-state index contributed by atoms with van der Waals surface area (Å²) in [7, 11) is 0. The summed E-state index contributed by atoms with van der Waals surface area (Å²) in [5.41, 5.74) is 2.68. The first kappa shape index (κ1) is 20.2. The van der Waals surface area contributed by atoms with E-state index in [1.165, 1.54) is 0 Å². The van der Waals surface area contributed by atoms with Crippen molar-refractivity contribution in [1.82, 2.24) is 19.4 Å². The number of pyridine rings is 1. The second-order valence-corrected chi connectivity index (χ2v) is 8.51. The van der Waals surface area contributed by atoms with Crippen LogP contribution in [0.3, 0.4) is 0 Å². The monoisotopic (exact) mass is 436 g/mol. The molecule has 4 heterocycles. The average Bonchev–Trinajstić information content (AvgIpc) is 3.46. The van der Waals surface area contributed by atoms with E-state index in [4.69, 9.17) is 21.3 Å². The van der Waals surface area contributed by atoms with Gasteiger partial charge in [-0.15, -0.1) is 0 Å². The number of fused-ring (bicyclic) bond motifs is 1. The third-order valence-electron chi connectivity index (χ3n) is 6.15. The number of halogens is 1. The Morgan fingerprint density at radius 2 is 1.97 bits per heavy atom. The Bertz CT molecular complexity index is 1110. The molecule has 2 aromatic heterocycles. The first-order valence-corrected chi connectivity index (χ1v) is 11.2. The molecule has 1 unspecified atom stereocenters. The van der Waals surface area contributed by atoms with E-state index in [1.54, 1.807) is 12.2 Å². The van der Waals surface area contributed by atoms with Crippen LogP contribution in [-0.2, 0) is 9.53 Å². The summed E-state index contributed by atoms with van der Waals surface area (Å²) in [4.78, 5) is 24.1. The maximum atomic E-state index is 12.7. The molecule has 3 aromatic rings. The van der Waals surface area contributed by atoms with Crippen LogP contribution in [0.4, 0.5) is 0 Å². The largest absolute Gasteiger partial charge is 0.370 e. The number of ether oxygens (including phenoxy) is 1. The zero-order chi connectivity index (χ0) is 21.2. The van der Waals surface area contributed by atoms with Crippen LogP contribution < -0.4 is 0 Å². The van der Waals surface area contributed by atoms with Crippen LogP contribution in [0.1, 0.15) is 49.2 Å². The second kappa shape index (κ2) is 8.81. The minimum Gasteiger partial charge on any atom is -0.370 e. The topological polar surface area (TPSA) is 60.2 Å². The van der Waals surface area contributed by atoms with E-state index in [-0.39, 0.29) is 18.1 Å². The molecule has 7 heteroatoms. The van der Waals surface area contributed by atoms with Gasteiger partial charge in [-0.3, -0.25) is 4.79 Å². The quantitative estimate of drug-likeness (QED) is 0.550. The van der Waals surface area contributed by atoms with Crippen molar-refractivity contribution in [3.63, 3.8) is 0 Å². The molecule has 2 aliphatic rings. The molecule has 2 aliphatic heterocycles. The van der Waals surface area contributed by atoms with Crippen LogP contribution in [0.25, 0.3) is 17.2 Å². The van der Waals surface area contributed by atoms with Crippen molar-refractivity contribution in [2.75, 3.05) is 19.7 Å². The normalized spacial score (nSPS) is 20.2. The molecular weight excluding hydrogens is 412 g/mol. The van der Waals surface area contributed by atoms with Crippen LogP contribution in [0, 0.1) is 0 Å². The Hall–Kier alpha value is -2.70. The fraction of sp³-hybridized carbons (Fsp3) is 0.375. The van der Waals surface area contributed by atoms with Gasteiger partial charge in [0, 0.05) is 43.0 Å². The van der Waals surface area contributed by atoms with Gasteiger partial charge in [0.25, 0.3) is 0 Å². The molecule has 5 rings (SSSR count). The summed E-state index contributed by atoms with van der Waals surface area (Å²) in [5.74, 6) is 1.00. The van der Waals surface area contributed by atoms with Gasteiger partial charge in [-0.2, -0.15) is 0 Å². The zero-order valence-corrected chi connectivity index (χ0v) is 18.0. The molecule has 31 heavy (non-hydrogen) atoms. The molecule has 6 nitrogen and oxygen atoms in total. The number of hydrogen-bond donors (Lipinski definition) is 0. The average molecular weight is 437 g/mol. The van der Waals surface area contributed by atoms with Gasteiger partial charge in [0.1, 0.15) is 17.4 Å². The highest BCUT2D eigenvalue weighted by atomic mass is 35.5. The number of nitrogens with zero attached hydrogens (tertiary/aromatic N) is 4. The number of imidazole rings is 1. The fourth-order valence-electron chi connectivity index (χ4n) is 4.54. The summed E-state index contributed by atoms with van der Waals surface area (Å²) in [5, 5.41) is 0.645. The zero-order valence-electron chi connectivity index (χ0n) is 17.3. The summed E-state index contributed by atoms with van der Waals surface area (Å²) >= 11 is 6.19. The number of aromatic nitrogens is 3. The van der Waals surface area contributed by atoms with Crippen molar-refractivity contribution in [2.24, 2.45) is 0 Å². The third kappa shape index (κ3) is 4.10. The molecule has 0 N–H and O–H groups in total. The highest BCUT2D eigenvalue weighted by Gasteiger charge is 2.31. The Balaban J connectivity index is 1.32. The summed E-state index contributed by atoms with van der Waals surface area (Å²) in [6.07, 6.45) is 9.05. The summed E-state index contributed by atoms with van der Waals surface area (Å²) < 4.78 is 8.22. The lowest BCUT2D eigenvalue weighted by molar-refractivity contribution is -0.127. The number of piperidine rings is 1. The molecule has 0 spiro atoms. The number of carbonyl (C=O) groups is 1. The van der Waals surface area contributed by atoms with Gasteiger partial charge in [-0.25, -0.2) is 9.97 Å². The number of carbonyl (C=O) groups excluding carboxylic acids is 1. The minimum absolute atomic E-state index is 0.0198. The number of amides is 1. The molecule has 160 valence electrons. The maximum absolute atomic E-state index is 12.7. The van der Waals surface area contributed by atoms with E-state index in [2.05, 4.69) is 9.55 Å². The number of rotatable bonds is 4. The minimum atomic E-state index is 0.0198. The van der Waals surface area contributed by atoms with E-state index < -0.39 is 0 Å². The molecule has 1 atom stereocenters. The van der Waals surface area contributed by atoms with Crippen molar-refractivity contribution in [2.45, 2.75) is 37.8 Å². The molecule has 2 fully saturated rings. The smallest absolute Gasteiger partial charge is 0.246 e. The van der Waals surface area contributed by atoms with Gasteiger partial charge < -0.3 is 14.2 Å². The second-order valence-electron chi connectivity index (χ2n) is 8.10. The summed E-state index contributed by atoms with van der Waals surface area (Å²) in [6, 6.07) is 11.7. The first-order chi connectivity index (χ1) is 15.2. The molecule has 0 saturated carbocycles. The SMILES string of the molecule is O=C(/C=C/c1ccccc1Cl)N1CCC(n2c(C3CCCO3)nc3cccnc32)CC1. The Morgan fingerprint density at radius 1 is 1.13 bits per heavy atom. The van der Waals surface area contributed by atoms with Gasteiger partial charge in [0.05, 0.1) is 0 Å². The standard InChI is InChI=1S/C24H25ClN4O2/c25-19-6-2-1-5-17(19)9-10-22(30)28-14-11-18(12-15-28)29-23-20(7-3-13-26-23)27-24(29)21-8-4-16-31-21/h1-3,5-7,9-10,13,18,21H,4,8,11-12,14-16H2/b10-9+. The van der Waals surface area contributed by atoms with Crippen molar-refractivity contribution in [1.29, 1.82) is 0 Å². The van der Waals surface area contributed by atoms with Crippen LogP contribution in [0.2, 0.25) is 5.02 Å². The van der Waals surface area contributed by atoms with E-state index in [0.29, 0.717) is 18.1 Å².